The molecule has 0 radical (unpaired) electrons. The molecule has 1 unspecified atom stereocenters. The van der Waals surface area contributed by atoms with Crippen LogP contribution in [0.3, 0.4) is 0 Å². The number of amides is 3. The predicted octanol–water partition coefficient (Wildman–Crippen LogP) is 7.37. The van der Waals surface area contributed by atoms with Gasteiger partial charge in [-0.2, -0.15) is 0 Å². The molecule has 4 aromatic rings. The number of rotatable bonds is 10. The Labute approximate surface area is 250 Å². The van der Waals surface area contributed by atoms with Crippen molar-refractivity contribution in [2.24, 2.45) is 0 Å². The van der Waals surface area contributed by atoms with E-state index in [1.54, 1.807) is 78.3 Å². The van der Waals surface area contributed by atoms with E-state index < -0.39 is 11.8 Å². The molecule has 0 aliphatic carbocycles. The summed E-state index contributed by atoms with van der Waals surface area (Å²) in [5.74, 6) is -1.19. The van der Waals surface area contributed by atoms with E-state index in [1.807, 2.05) is 13.0 Å². The van der Waals surface area contributed by atoms with Crippen molar-refractivity contribution in [3.63, 3.8) is 0 Å². The molecule has 1 heterocycles. The van der Waals surface area contributed by atoms with E-state index in [0.29, 0.717) is 38.4 Å². The highest BCUT2D eigenvalue weighted by Gasteiger charge is 2.20. The van der Waals surface area contributed by atoms with Crippen LogP contribution in [0.1, 0.15) is 29.3 Å². The maximum absolute atomic E-state index is 13.4. The van der Waals surface area contributed by atoms with E-state index in [1.165, 1.54) is 29.2 Å². The summed E-state index contributed by atoms with van der Waals surface area (Å²) in [5.41, 5.74) is 1.21. The molecule has 0 saturated heterocycles. The number of halogens is 2. The van der Waals surface area contributed by atoms with E-state index >= 15 is 0 Å². The van der Waals surface area contributed by atoms with Gasteiger partial charge < -0.3 is 16.0 Å². The van der Waals surface area contributed by atoms with Crippen LogP contribution in [-0.4, -0.2) is 28.0 Å². The van der Waals surface area contributed by atoms with Crippen molar-refractivity contribution in [2.45, 2.75) is 23.5 Å². The highest BCUT2D eigenvalue weighted by Crippen LogP contribution is 2.30. The third-order valence-corrected chi connectivity index (χ3v) is 8.22. The Balaban J connectivity index is 1.54. The Morgan fingerprint density at radius 2 is 1.70 bits per heavy atom. The SMILES string of the molecule is CCC(Sc1cccc(NC(=O)/C(=C\c2c(Cl)cccc2Cl)NC(=O)c2ccccc2)c1)C(=O)Nc1nccs1. The fourth-order valence-corrected chi connectivity index (χ4v) is 5.59. The zero-order chi connectivity index (χ0) is 28.5. The zero-order valence-electron chi connectivity index (χ0n) is 21.2. The van der Waals surface area contributed by atoms with E-state index in [2.05, 4.69) is 20.9 Å². The third kappa shape index (κ3) is 7.95. The number of carbonyl (C=O) groups excluding carboxylic acids is 3. The third-order valence-electron chi connectivity index (χ3n) is 5.51. The molecule has 0 fully saturated rings. The van der Waals surface area contributed by atoms with Crippen molar-refractivity contribution in [3.8, 4) is 0 Å². The van der Waals surface area contributed by atoms with Gasteiger partial charge in [0.05, 0.1) is 5.25 Å². The zero-order valence-corrected chi connectivity index (χ0v) is 24.3. The van der Waals surface area contributed by atoms with Gasteiger partial charge in [-0.15, -0.1) is 23.1 Å². The van der Waals surface area contributed by atoms with Gasteiger partial charge >= 0.3 is 0 Å². The van der Waals surface area contributed by atoms with Gasteiger partial charge in [0.1, 0.15) is 5.70 Å². The summed E-state index contributed by atoms with van der Waals surface area (Å²) in [6, 6.07) is 20.6. The Bertz CT molecular complexity index is 1510. The van der Waals surface area contributed by atoms with Crippen LogP contribution in [0.2, 0.25) is 10.0 Å². The highest BCUT2D eigenvalue weighted by atomic mass is 35.5. The first kappa shape index (κ1) is 29.4. The number of hydrogen-bond acceptors (Lipinski definition) is 6. The summed E-state index contributed by atoms with van der Waals surface area (Å²) < 4.78 is 0. The smallest absolute Gasteiger partial charge is 0.272 e. The largest absolute Gasteiger partial charge is 0.321 e. The van der Waals surface area contributed by atoms with E-state index in [4.69, 9.17) is 23.2 Å². The quantitative estimate of drug-likeness (QED) is 0.128. The van der Waals surface area contributed by atoms with Gasteiger partial charge in [0.2, 0.25) is 5.91 Å². The molecule has 0 bridgehead atoms. The second kappa shape index (κ2) is 14.1. The molecule has 7 nitrogen and oxygen atoms in total. The Hall–Kier alpha value is -3.63. The minimum absolute atomic E-state index is 0.0452. The normalized spacial score (nSPS) is 11.9. The number of thiazole rings is 1. The van der Waals surface area contributed by atoms with Crippen LogP contribution in [0.15, 0.2) is 95.0 Å². The summed E-state index contributed by atoms with van der Waals surface area (Å²) >= 11 is 15.4. The van der Waals surface area contributed by atoms with Crippen molar-refractivity contribution in [2.75, 3.05) is 10.6 Å². The van der Waals surface area contributed by atoms with Crippen molar-refractivity contribution >= 4 is 80.9 Å². The van der Waals surface area contributed by atoms with Crippen LogP contribution >= 0.6 is 46.3 Å². The second-order valence-electron chi connectivity index (χ2n) is 8.34. The standard InChI is InChI=1S/C29H24Cl2N4O3S2/c1-2-25(28(38)35-29-32-14-15-39-29)40-20-11-6-10-19(16-20)33-27(37)24(17-21-22(30)12-7-13-23(21)31)34-26(36)18-8-4-3-5-9-18/h3-17,25H,2H2,1H3,(H,33,37)(H,34,36)(H,32,35,38)/b24-17+. The average Bonchev–Trinajstić information content (AvgIpc) is 3.46. The Morgan fingerprint density at radius 1 is 0.975 bits per heavy atom. The molecular weight excluding hydrogens is 587 g/mol. The molecule has 1 aromatic heterocycles. The summed E-state index contributed by atoms with van der Waals surface area (Å²) in [4.78, 5) is 44.0. The first-order chi connectivity index (χ1) is 19.3. The van der Waals surface area contributed by atoms with Crippen LogP contribution in [-0.2, 0) is 9.59 Å². The lowest BCUT2D eigenvalue weighted by Gasteiger charge is -2.15. The minimum Gasteiger partial charge on any atom is -0.321 e. The van der Waals surface area contributed by atoms with Gasteiger partial charge in [0, 0.05) is 43.3 Å². The number of thioether (sulfide) groups is 1. The maximum Gasteiger partial charge on any atom is 0.272 e. The highest BCUT2D eigenvalue weighted by molar-refractivity contribution is 8.00. The number of carbonyl (C=O) groups is 3. The molecule has 204 valence electrons. The number of benzene rings is 3. The molecule has 0 aliphatic rings. The summed E-state index contributed by atoms with van der Waals surface area (Å²) in [6.45, 7) is 1.93. The predicted molar refractivity (Wildman–Crippen MR) is 164 cm³/mol. The van der Waals surface area contributed by atoms with Gasteiger partial charge in [0.25, 0.3) is 11.8 Å². The van der Waals surface area contributed by atoms with Gasteiger partial charge in [-0.1, -0.05) is 60.5 Å². The molecule has 4 rings (SSSR count). The van der Waals surface area contributed by atoms with Crippen LogP contribution in [0.5, 0.6) is 0 Å². The summed E-state index contributed by atoms with van der Waals surface area (Å²) in [6.07, 6.45) is 3.66. The minimum atomic E-state index is -0.573. The summed E-state index contributed by atoms with van der Waals surface area (Å²) in [5, 5.41) is 11.0. The monoisotopic (exact) mass is 610 g/mol. The number of nitrogens with zero attached hydrogens (tertiary/aromatic N) is 1. The average molecular weight is 612 g/mol. The van der Waals surface area contributed by atoms with Crippen LogP contribution < -0.4 is 16.0 Å². The molecule has 0 aliphatic heterocycles. The first-order valence-corrected chi connectivity index (χ1v) is 14.7. The number of nitrogens with one attached hydrogen (secondary N) is 3. The molecule has 40 heavy (non-hydrogen) atoms. The van der Waals surface area contributed by atoms with Crippen molar-refractivity contribution in [1.82, 2.24) is 10.3 Å². The van der Waals surface area contributed by atoms with Crippen LogP contribution in [0.4, 0.5) is 10.8 Å². The molecule has 3 N–H and O–H groups in total. The molecule has 0 spiro atoms. The van der Waals surface area contributed by atoms with Crippen molar-refractivity contribution < 1.29 is 14.4 Å². The van der Waals surface area contributed by atoms with Crippen molar-refractivity contribution in [3.05, 3.63) is 111 Å². The molecular formula is C29H24Cl2N4O3S2. The van der Waals surface area contributed by atoms with E-state index in [-0.39, 0.29) is 16.9 Å². The van der Waals surface area contributed by atoms with E-state index in [9.17, 15) is 14.4 Å². The Kier molecular flexibility index (Phi) is 10.4. The van der Waals surface area contributed by atoms with Gasteiger partial charge in [-0.25, -0.2) is 4.98 Å². The van der Waals surface area contributed by atoms with E-state index in [0.717, 1.165) is 4.90 Å². The molecule has 3 aromatic carbocycles. The number of aromatic nitrogens is 1. The van der Waals surface area contributed by atoms with Gasteiger partial charge in [-0.05, 0) is 55.0 Å². The lowest BCUT2D eigenvalue weighted by Crippen LogP contribution is -2.30. The second-order valence-corrected chi connectivity index (χ2v) is 11.3. The number of anilines is 2. The fraction of sp³-hybridized carbons (Fsp3) is 0.103. The van der Waals surface area contributed by atoms with Gasteiger partial charge in [0.15, 0.2) is 5.13 Å². The number of hydrogen-bond donors (Lipinski definition) is 3. The Morgan fingerprint density at radius 3 is 2.38 bits per heavy atom. The molecule has 0 saturated carbocycles. The molecule has 1 atom stereocenters. The van der Waals surface area contributed by atoms with Gasteiger partial charge in [-0.3, -0.25) is 14.4 Å². The summed E-state index contributed by atoms with van der Waals surface area (Å²) in [7, 11) is 0. The lowest BCUT2D eigenvalue weighted by atomic mass is 10.1. The fourth-order valence-electron chi connectivity index (χ4n) is 3.54. The van der Waals surface area contributed by atoms with Crippen molar-refractivity contribution in [1.29, 1.82) is 0 Å². The molecule has 11 heteroatoms. The topological polar surface area (TPSA) is 100 Å². The first-order valence-electron chi connectivity index (χ1n) is 12.1. The lowest BCUT2D eigenvalue weighted by molar-refractivity contribution is -0.116. The molecule has 3 amide bonds. The van der Waals surface area contributed by atoms with Crippen LogP contribution in [0, 0.1) is 0 Å². The van der Waals surface area contributed by atoms with Crippen LogP contribution in [0.25, 0.3) is 6.08 Å². The maximum atomic E-state index is 13.4.